The molecule has 0 bridgehead atoms. The van der Waals surface area contributed by atoms with Crippen molar-refractivity contribution in [2.45, 2.75) is 53.0 Å². The molecule has 1 aromatic rings. The Morgan fingerprint density at radius 3 is 2.44 bits per heavy atom. The molecule has 3 nitrogen and oxygen atoms in total. The molecule has 0 fully saturated rings. The maximum absolute atomic E-state index is 6.19. The maximum atomic E-state index is 6.19. The second-order valence-electron chi connectivity index (χ2n) is 4.99. The molecule has 0 radical (unpaired) electrons. The number of nitrogens with zero attached hydrogens (tertiary/aromatic N) is 2. The van der Waals surface area contributed by atoms with Crippen LogP contribution in [0.15, 0.2) is 0 Å². The highest BCUT2D eigenvalue weighted by molar-refractivity contribution is 5.25. The smallest absolute Gasteiger partial charge is 0.0628 e. The Kier molecular flexibility index (Phi) is 4.54. The molecular weight excluding hydrogens is 198 g/mol. The summed E-state index contributed by atoms with van der Waals surface area (Å²) in [7, 11) is 1.99. The number of rotatable bonds is 5. The molecule has 1 rings (SSSR count). The average molecular weight is 223 g/mol. The zero-order valence-electron chi connectivity index (χ0n) is 11.2. The summed E-state index contributed by atoms with van der Waals surface area (Å²) in [5, 5.41) is 4.42. The van der Waals surface area contributed by atoms with Crippen LogP contribution in [0.3, 0.4) is 0 Å². The van der Waals surface area contributed by atoms with Crippen molar-refractivity contribution in [3.63, 3.8) is 0 Å². The summed E-state index contributed by atoms with van der Waals surface area (Å²) in [6.07, 6.45) is 3.26. The first kappa shape index (κ1) is 13.2. The fourth-order valence-corrected chi connectivity index (χ4v) is 2.14. The summed E-state index contributed by atoms with van der Waals surface area (Å²) in [6, 6.07) is 0.261. The van der Waals surface area contributed by atoms with Crippen LogP contribution in [0.2, 0.25) is 0 Å². The topological polar surface area (TPSA) is 43.8 Å². The molecule has 0 aliphatic carbocycles. The molecule has 0 aromatic carbocycles. The highest BCUT2D eigenvalue weighted by atomic mass is 15.3. The van der Waals surface area contributed by atoms with Gasteiger partial charge in [0, 0.05) is 18.8 Å². The SMILES string of the molecule is CCC(C)CC(N)Cc1c(C)nn(C)c1C. The van der Waals surface area contributed by atoms with E-state index in [1.165, 1.54) is 17.7 Å². The molecule has 1 heterocycles. The van der Waals surface area contributed by atoms with Crippen LogP contribution in [-0.2, 0) is 13.5 Å². The molecule has 0 saturated heterocycles. The Bertz CT molecular complexity index is 341. The molecule has 0 spiro atoms. The van der Waals surface area contributed by atoms with Gasteiger partial charge < -0.3 is 5.73 Å². The van der Waals surface area contributed by atoms with Crippen molar-refractivity contribution in [2.75, 3.05) is 0 Å². The molecule has 0 amide bonds. The lowest BCUT2D eigenvalue weighted by molar-refractivity contribution is 0.449. The van der Waals surface area contributed by atoms with Crippen LogP contribution in [0.5, 0.6) is 0 Å². The molecule has 0 aliphatic rings. The third-order valence-corrected chi connectivity index (χ3v) is 3.53. The van der Waals surface area contributed by atoms with Crippen LogP contribution in [0.1, 0.15) is 43.6 Å². The van der Waals surface area contributed by atoms with Gasteiger partial charge in [-0.3, -0.25) is 4.68 Å². The summed E-state index contributed by atoms with van der Waals surface area (Å²) < 4.78 is 1.95. The zero-order chi connectivity index (χ0) is 12.3. The number of hydrogen-bond acceptors (Lipinski definition) is 2. The third kappa shape index (κ3) is 3.08. The number of hydrogen-bond donors (Lipinski definition) is 1. The highest BCUT2D eigenvalue weighted by Crippen LogP contribution is 2.17. The van der Waals surface area contributed by atoms with Crippen LogP contribution < -0.4 is 5.73 Å². The quantitative estimate of drug-likeness (QED) is 0.832. The van der Waals surface area contributed by atoms with Crippen LogP contribution >= 0.6 is 0 Å². The van der Waals surface area contributed by atoms with Crippen molar-refractivity contribution in [1.29, 1.82) is 0 Å². The van der Waals surface area contributed by atoms with E-state index in [4.69, 9.17) is 5.73 Å². The van der Waals surface area contributed by atoms with Gasteiger partial charge >= 0.3 is 0 Å². The second-order valence-corrected chi connectivity index (χ2v) is 4.99. The summed E-state index contributed by atoms with van der Waals surface area (Å²) in [5.41, 5.74) is 9.90. The van der Waals surface area contributed by atoms with Gasteiger partial charge in [0.05, 0.1) is 5.69 Å². The Balaban J connectivity index is 2.65. The number of aryl methyl sites for hydroxylation is 2. The van der Waals surface area contributed by atoms with E-state index in [0.29, 0.717) is 5.92 Å². The van der Waals surface area contributed by atoms with Crippen molar-refractivity contribution < 1.29 is 0 Å². The van der Waals surface area contributed by atoms with E-state index < -0.39 is 0 Å². The van der Waals surface area contributed by atoms with E-state index in [9.17, 15) is 0 Å². The minimum Gasteiger partial charge on any atom is -0.327 e. The summed E-state index contributed by atoms with van der Waals surface area (Å²) in [4.78, 5) is 0. The fourth-order valence-electron chi connectivity index (χ4n) is 2.14. The van der Waals surface area contributed by atoms with Crippen molar-refractivity contribution in [3.8, 4) is 0 Å². The molecule has 2 unspecified atom stereocenters. The van der Waals surface area contributed by atoms with Crippen molar-refractivity contribution in [1.82, 2.24) is 9.78 Å². The lowest BCUT2D eigenvalue weighted by Gasteiger charge is -2.16. The largest absolute Gasteiger partial charge is 0.327 e. The predicted octanol–water partition coefficient (Wildman–Crippen LogP) is 2.34. The van der Waals surface area contributed by atoms with Crippen LogP contribution in [0.25, 0.3) is 0 Å². The first-order valence-electron chi connectivity index (χ1n) is 6.20. The molecule has 16 heavy (non-hydrogen) atoms. The minimum absolute atomic E-state index is 0.261. The summed E-state index contributed by atoms with van der Waals surface area (Å²) in [6.45, 7) is 8.67. The van der Waals surface area contributed by atoms with Gasteiger partial charge in [-0.05, 0) is 38.2 Å². The fraction of sp³-hybridized carbons (Fsp3) is 0.769. The van der Waals surface area contributed by atoms with Gasteiger partial charge in [0.1, 0.15) is 0 Å². The Morgan fingerprint density at radius 2 is 2.00 bits per heavy atom. The number of nitrogens with two attached hydrogens (primary N) is 1. The first-order chi connectivity index (χ1) is 7.45. The zero-order valence-corrected chi connectivity index (χ0v) is 11.2. The van der Waals surface area contributed by atoms with Gasteiger partial charge in [-0.2, -0.15) is 5.10 Å². The molecule has 1 aromatic heterocycles. The van der Waals surface area contributed by atoms with E-state index in [0.717, 1.165) is 18.5 Å². The summed E-state index contributed by atoms with van der Waals surface area (Å²) in [5.74, 6) is 0.715. The molecule has 2 N–H and O–H groups in total. The second kappa shape index (κ2) is 5.48. The van der Waals surface area contributed by atoms with Crippen LogP contribution in [-0.4, -0.2) is 15.8 Å². The van der Waals surface area contributed by atoms with Crippen LogP contribution in [0, 0.1) is 19.8 Å². The lowest BCUT2D eigenvalue weighted by Crippen LogP contribution is -2.25. The molecule has 92 valence electrons. The van der Waals surface area contributed by atoms with E-state index in [2.05, 4.69) is 32.8 Å². The maximum Gasteiger partial charge on any atom is 0.0628 e. The first-order valence-corrected chi connectivity index (χ1v) is 6.20. The molecular formula is C13H25N3. The molecule has 2 atom stereocenters. The average Bonchev–Trinajstić information content (AvgIpc) is 2.45. The molecule has 0 aliphatic heterocycles. The van der Waals surface area contributed by atoms with Crippen molar-refractivity contribution >= 4 is 0 Å². The van der Waals surface area contributed by atoms with Gasteiger partial charge in [-0.1, -0.05) is 20.3 Å². The Morgan fingerprint density at radius 1 is 1.38 bits per heavy atom. The Hall–Kier alpha value is -0.830. The van der Waals surface area contributed by atoms with Crippen molar-refractivity contribution in [2.24, 2.45) is 18.7 Å². The van der Waals surface area contributed by atoms with E-state index in [1.54, 1.807) is 0 Å². The molecule has 0 saturated carbocycles. The highest BCUT2D eigenvalue weighted by Gasteiger charge is 2.14. The minimum atomic E-state index is 0.261. The predicted molar refractivity (Wildman–Crippen MR) is 68.4 cm³/mol. The normalized spacial score (nSPS) is 15.1. The lowest BCUT2D eigenvalue weighted by atomic mass is 9.94. The van der Waals surface area contributed by atoms with Gasteiger partial charge in [0.15, 0.2) is 0 Å². The van der Waals surface area contributed by atoms with Crippen molar-refractivity contribution in [3.05, 3.63) is 17.0 Å². The monoisotopic (exact) mass is 223 g/mol. The van der Waals surface area contributed by atoms with E-state index in [1.807, 2.05) is 11.7 Å². The van der Waals surface area contributed by atoms with E-state index in [-0.39, 0.29) is 6.04 Å². The standard InChI is InChI=1S/C13H25N3/c1-6-9(2)7-12(14)8-13-10(3)15-16(5)11(13)4/h9,12H,6-8,14H2,1-5H3. The summed E-state index contributed by atoms with van der Waals surface area (Å²) >= 11 is 0. The van der Waals surface area contributed by atoms with Gasteiger partial charge in [-0.25, -0.2) is 0 Å². The van der Waals surface area contributed by atoms with Gasteiger partial charge in [0.2, 0.25) is 0 Å². The van der Waals surface area contributed by atoms with Gasteiger partial charge in [-0.15, -0.1) is 0 Å². The molecule has 3 heteroatoms. The van der Waals surface area contributed by atoms with Gasteiger partial charge in [0.25, 0.3) is 0 Å². The Labute approximate surface area is 99.0 Å². The number of aromatic nitrogens is 2. The third-order valence-electron chi connectivity index (χ3n) is 3.53. The van der Waals surface area contributed by atoms with E-state index >= 15 is 0 Å². The van der Waals surface area contributed by atoms with Crippen LogP contribution in [0.4, 0.5) is 0 Å².